The normalized spacial score (nSPS) is 16.0. The number of imidazole rings is 1. The highest BCUT2D eigenvalue weighted by atomic mass is 16.5. The zero-order valence-corrected chi connectivity index (χ0v) is 9.52. The predicted molar refractivity (Wildman–Crippen MR) is 63.5 cm³/mol. The zero-order chi connectivity index (χ0) is 11.7. The van der Waals surface area contributed by atoms with Gasteiger partial charge >= 0.3 is 0 Å². The van der Waals surface area contributed by atoms with Crippen molar-refractivity contribution in [3.05, 3.63) is 6.33 Å². The third-order valence-corrected chi connectivity index (χ3v) is 3.26. The summed E-state index contributed by atoms with van der Waals surface area (Å²) >= 11 is 0. The summed E-state index contributed by atoms with van der Waals surface area (Å²) in [5, 5.41) is 0. The number of ether oxygens (including phenoxy) is 1. The van der Waals surface area contributed by atoms with Crippen LogP contribution in [0.2, 0.25) is 0 Å². The van der Waals surface area contributed by atoms with Gasteiger partial charge in [0.2, 0.25) is 11.8 Å². The molecule has 0 aromatic carbocycles. The first-order valence-corrected chi connectivity index (χ1v) is 5.92. The van der Waals surface area contributed by atoms with Crippen LogP contribution in [0.15, 0.2) is 6.33 Å². The molecule has 0 atom stereocenters. The third kappa shape index (κ3) is 2.02. The summed E-state index contributed by atoms with van der Waals surface area (Å²) in [4.78, 5) is 15.1. The monoisotopic (exact) mass is 233 g/mol. The number of anilines is 1. The number of H-pyrrole nitrogens is 1. The largest absolute Gasteiger partial charge is 0.476 e. The fourth-order valence-corrected chi connectivity index (χ4v) is 2.03. The number of hydrogen-bond donors (Lipinski definition) is 2. The van der Waals surface area contributed by atoms with Crippen molar-refractivity contribution in [2.75, 3.05) is 12.3 Å². The number of nitrogens with one attached hydrogen (secondary N) is 1. The van der Waals surface area contributed by atoms with Gasteiger partial charge in [-0.1, -0.05) is 19.3 Å². The van der Waals surface area contributed by atoms with E-state index in [1.807, 2.05) is 0 Å². The summed E-state index contributed by atoms with van der Waals surface area (Å²) in [6, 6.07) is 0. The predicted octanol–water partition coefficient (Wildman–Crippen LogP) is 1.50. The van der Waals surface area contributed by atoms with Gasteiger partial charge in [-0.25, -0.2) is 4.98 Å². The molecule has 90 valence electrons. The second kappa shape index (κ2) is 4.20. The molecule has 2 aromatic heterocycles. The van der Waals surface area contributed by atoms with E-state index in [9.17, 15) is 0 Å². The van der Waals surface area contributed by atoms with Crippen molar-refractivity contribution in [3.63, 3.8) is 0 Å². The van der Waals surface area contributed by atoms with E-state index in [-0.39, 0.29) is 5.95 Å². The van der Waals surface area contributed by atoms with E-state index < -0.39 is 0 Å². The molecule has 17 heavy (non-hydrogen) atoms. The van der Waals surface area contributed by atoms with E-state index in [2.05, 4.69) is 19.9 Å². The average molecular weight is 233 g/mol. The fourth-order valence-electron chi connectivity index (χ4n) is 2.03. The van der Waals surface area contributed by atoms with Gasteiger partial charge in [0.25, 0.3) is 0 Å². The van der Waals surface area contributed by atoms with Gasteiger partial charge < -0.3 is 15.5 Å². The van der Waals surface area contributed by atoms with Gasteiger partial charge in [0.1, 0.15) is 5.52 Å². The van der Waals surface area contributed by atoms with E-state index in [4.69, 9.17) is 10.5 Å². The Morgan fingerprint density at radius 2 is 2.29 bits per heavy atom. The second-order valence-electron chi connectivity index (χ2n) is 4.42. The van der Waals surface area contributed by atoms with Gasteiger partial charge in [0.15, 0.2) is 5.65 Å². The summed E-state index contributed by atoms with van der Waals surface area (Å²) in [6.45, 7) is 0.676. The van der Waals surface area contributed by atoms with Gasteiger partial charge in [-0.05, 0) is 12.3 Å². The maximum Gasteiger partial charge on any atom is 0.245 e. The maximum absolute atomic E-state index is 5.66. The number of rotatable bonds is 4. The number of nitrogens with two attached hydrogens (primary N) is 1. The van der Waals surface area contributed by atoms with Gasteiger partial charge in [0.05, 0.1) is 12.9 Å². The standard InChI is InChI=1S/C11H15N5O/c12-11-15-9-8(13-6-14-9)10(16-11)17-5-4-7-2-1-3-7/h6-7H,1-5H2,(H3,12,13,14,15,16). The molecule has 3 N–H and O–H groups in total. The van der Waals surface area contributed by atoms with Crippen molar-refractivity contribution in [3.8, 4) is 5.88 Å². The second-order valence-corrected chi connectivity index (χ2v) is 4.42. The number of hydrogen-bond acceptors (Lipinski definition) is 5. The van der Waals surface area contributed by atoms with E-state index in [0.29, 0.717) is 23.7 Å². The molecule has 1 fully saturated rings. The van der Waals surface area contributed by atoms with Crippen molar-refractivity contribution in [2.45, 2.75) is 25.7 Å². The van der Waals surface area contributed by atoms with Crippen LogP contribution in [-0.4, -0.2) is 26.5 Å². The van der Waals surface area contributed by atoms with E-state index in [0.717, 1.165) is 12.3 Å². The van der Waals surface area contributed by atoms with Crippen LogP contribution in [-0.2, 0) is 0 Å². The average Bonchev–Trinajstić information content (AvgIpc) is 2.69. The molecule has 1 aliphatic carbocycles. The molecule has 0 radical (unpaired) electrons. The first-order chi connectivity index (χ1) is 8.33. The molecule has 0 bridgehead atoms. The molecular formula is C11H15N5O. The molecule has 2 heterocycles. The number of aromatic amines is 1. The maximum atomic E-state index is 5.66. The van der Waals surface area contributed by atoms with Crippen LogP contribution in [0.5, 0.6) is 5.88 Å². The number of fused-ring (bicyclic) bond motifs is 1. The molecule has 6 heteroatoms. The Balaban J connectivity index is 1.72. The molecule has 0 spiro atoms. The molecule has 2 aromatic rings. The van der Waals surface area contributed by atoms with Crippen molar-refractivity contribution in [1.29, 1.82) is 0 Å². The minimum absolute atomic E-state index is 0.197. The molecule has 6 nitrogen and oxygen atoms in total. The molecule has 0 aliphatic heterocycles. The van der Waals surface area contributed by atoms with E-state index in [1.54, 1.807) is 6.33 Å². The number of nitrogens with zero attached hydrogens (tertiary/aromatic N) is 3. The van der Waals surface area contributed by atoms with Crippen molar-refractivity contribution in [1.82, 2.24) is 19.9 Å². The van der Waals surface area contributed by atoms with Crippen LogP contribution < -0.4 is 10.5 Å². The highest BCUT2D eigenvalue weighted by Gasteiger charge is 2.17. The fraction of sp³-hybridized carbons (Fsp3) is 0.545. The highest BCUT2D eigenvalue weighted by molar-refractivity contribution is 5.76. The van der Waals surface area contributed by atoms with E-state index >= 15 is 0 Å². The Kier molecular flexibility index (Phi) is 2.55. The Morgan fingerprint density at radius 3 is 3.06 bits per heavy atom. The molecule has 0 saturated heterocycles. The summed E-state index contributed by atoms with van der Waals surface area (Å²) in [5.41, 5.74) is 6.86. The Morgan fingerprint density at radius 1 is 1.41 bits per heavy atom. The summed E-state index contributed by atoms with van der Waals surface area (Å²) in [7, 11) is 0. The minimum Gasteiger partial charge on any atom is -0.476 e. The highest BCUT2D eigenvalue weighted by Crippen LogP contribution is 2.29. The van der Waals surface area contributed by atoms with Gasteiger partial charge in [-0.3, -0.25) is 0 Å². The minimum atomic E-state index is 0.197. The Bertz CT molecular complexity index is 520. The number of aromatic nitrogens is 4. The molecule has 1 aliphatic rings. The van der Waals surface area contributed by atoms with Crippen molar-refractivity contribution >= 4 is 17.1 Å². The van der Waals surface area contributed by atoms with Gasteiger partial charge in [-0.2, -0.15) is 9.97 Å². The lowest BCUT2D eigenvalue weighted by Gasteiger charge is -2.24. The first kappa shape index (κ1) is 10.3. The summed E-state index contributed by atoms with van der Waals surface area (Å²) in [5.74, 6) is 1.53. The van der Waals surface area contributed by atoms with Crippen LogP contribution >= 0.6 is 0 Å². The van der Waals surface area contributed by atoms with E-state index in [1.165, 1.54) is 19.3 Å². The van der Waals surface area contributed by atoms with Crippen LogP contribution in [0.3, 0.4) is 0 Å². The van der Waals surface area contributed by atoms with Gasteiger partial charge in [-0.15, -0.1) is 0 Å². The topological polar surface area (TPSA) is 89.7 Å². The molecular weight excluding hydrogens is 218 g/mol. The lowest BCUT2D eigenvalue weighted by atomic mass is 9.83. The lowest BCUT2D eigenvalue weighted by Crippen LogP contribution is -2.15. The van der Waals surface area contributed by atoms with Crippen molar-refractivity contribution in [2.24, 2.45) is 5.92 Å². The SMILES string of the molecule is Nc1nc(OCCC2CCC2)c2[nH]cnc2n1. The zero-order valence-electron chi connectivity index (χ0n) is 9.52. The third-order valence-electron chi connectivity index (χ3n) is 3.26. The van der Waals surface area contributed by atoms with Crippen LogP contribution in [0.25, 0.3) is 11.2 Å². The quantitative estimate of drug-likeness (QED) is 0.835. The Labute approximate surface area is 98.6 Å². The summed E-state index contributed by atoms with van der Waals surface area (Å²) in [6.07, 6.45) is 6.66. The molecule has 0 amide bonds. The molecule has 1 saturated carbocycles. The smallest absolute Gasteiger partial charge is 0.245 e. The van der Waals surface area contributed by atoms with Crippen LogP contribution in [0.4, 0.5) is 5.95 Å². The summed E-state index contributed by atoms with van der Waals surface area (Å²) < 4.78 is 5.66. The Hall–Kier alpha value is -1.85. The first-order valence-electron chi connectivity index (χ1n) is 5.92. The van der Waals surface area contributed by atoms with Gasteiger partial charge in [0, 0.05) is 0 Å². The van der Waals surface area contributed by atoms with Crippen LogP contribution in [0.1, 0.15) is 25.7 Å². The molecule has 0 unspecified atom stereocenters. The molecule has 3 rings (SSSR count). The van der Waals surface area contributed by atoms with Crippen molar-refractivity contribution < 1.29 is 4.74 Å². The number of nitrogen functional groups attached to an aromatic ring is 1. The lowest BCUT2D eigenvalue weighted by molar-refractivity contribution is 0.219. The van der Waals surface area contributed by atoms with Crippen LogP contribution in [0, 0.1) is 5.92 Å².